The minimum absolute atomic E-state index is 0.119. The Hall–Kier alpha value is -2.32. The van der Waals surface area contributed by atoms with Crippen molar-refractivity contribution >= 4 is 17.5 Å². The fourth-order valence-corrected chi connectivity index (χ4v) is 1.90. The average molecular weight is 288 g/mol. The van der Waals surface area contributed by atoms with Crippen molar-refractivity contribution in [3.8, 4) is 12.3 Å². The number of hydrogen-bond donors (Lipinski definition) is 3. The van der Waals surface area contributed by atoms with Crippen molar-refractivity contribution in [1.82, 2.24) is 5.32 Å². The van der Waals surface area contributed by atoms with Gasteiger partial charge in [-0.2, -0.15) is 0 Å². The van der Waals surface area contributed by atoms with Crippen LogP contribution in [0.25, 0.3) is 0 Å². The number of nitrogens with one attached hydrogen (secondary N) is 3. The SMILES string of the molecule is C#CCNC(=O)C[NH+](C)CC(=O)Nc1cccc(C)c1C. The third-order valence-corrected chi connectivity index (χ3v) is 3.19. The molecule has 1 aromatic carbocycles. The van der Waals surface area contributed by atoms with E-state index in [1.165, 1.54) is 0 Å². The number of quaternary nitrogens is 1. The van der Waals surface area contributed by atoms with E-state index in [4.69, 9.17) is 6.42 Å². The highest BCUT2D eigenvalue weighted by atomic mass is 16.2. The summed E-state index contributed by atoms with van der Waals surface area (Å²) < 4.78 is 0. The quantitative estimate of drug-likeness (QED) is 0.618. The van der Waals surface area contributed by atoms with Crippen molar-refractivity contribution in [1.29, 1.82) is 0 Å². The normalized spacial score (nSPS) is 11.3. The van der Waals surface area contributed by atoms with Crippen LogP contribution in [0.15, 0.2) is 18.2 Å². The molecule has 0 fully saturated rings. The molecule has 0 heterocycles. The Balaban J connectivity index is 2.48. The van der Waals surface area contributed by atoms with Gasteiger partial charge in [0.25, 0.3) is 11.8 Å². The van der Waals surface area contributed by atoms with E-state index in [0.717, 1.165) is 21.7 Å². The zero-order valence-electron chi connectivity index (χ0n) is 12.7. The van der Waals surface area contributed by atoms with Gasteiger partial charge in [0.1, 0.15) is 0 Å². The maximum absolute atomic E-state index is 12.0. The van der Waals surface area contributed by atoms with Crippen LogP contribution in [0.2, 0.25) is 0 Å². The van der Waals surface area contributed by atoms with Crippen LogP contribution in [0, 0.1) is 26.2 Å². The molecule has 0 radical (unpaired) electrons. The van der Waals surface area contributed by atoms with Gasteiger partial charge in [-0.25, -0.2) is 0 Å². The van der Waals surface area contributed by atoms with E-state index in [2.05, 4.69) is 16.6 Å². The number of anilines is 1. The Morgan fingerprint density at radius 3 is 2.57 bits per heavy atom. The monoisotopic (exact) mass is 288 g/mol. The summed E-state index contributed by atoms with van der Waals surface area (Å²) in [5.41, 5.74) is 2.99. The summed E-state index contributed by atoms with van der Waals surface area (Å²) in [6, 6.07) is 5.77. The fraction of sp³-hybridized carbons (Fsp3) is 0.375. The van der Waals surface area contributed by atoms with E-state index in [-0.39, 0.29) is 31.4 Å². The average Bonchev–Trinajstić information content (AvgIpc) is 2.41. The summed E-state index contributed by atoms with van der Waals surface area (Å²) in [5, 5.41) is 5.45. The third-order valence-electron chi connectivity index (χ3n) is 3.19. The van der Waals surface area contributed by atoms with Crippen LogP contribution in [-0.2, 0) is 9.59 Å². The number of likely N-dealkylation sites (N-methyl/N-ethyl adjacent to an activating group) is 1. The largest absolute Gasteiger partial charge is 0.340 e. The van der Waals surface area contributed by atoms with Gasteiger partial charge in [0, 0.05) is 5.69 Å². The van der Waals surface area contributed by atoms with E-state index in [0.29, 0.717) is 0 Å². The standard InChI is InChI=1S/C16H21N3O2/c1-5-9-17-15(20)10-19(4)11-16(21)18-14-8-6-7-12(2)13(14)3/h1,6-8H,9-11H2,2-4H3,(H,17,20)(H,18,21)/p+1. The summed E-state index contributed by atoms with van der Waals surface area (Å²) in [6.45, 7) is 4.60. The molecule has 2 amide bonds. The van der Waals surface area contributed by atoms with Crippen LogP contribution in [-0.4, -0.2) is 38.5 Å². The molecule has 1 rings (SSSR count). The zero-order valence-corrected chi connectivity index (χ0v) is 12.7. The molecule has 5 nitrogen and oxygen atoms in total. The second kappa shape index (κ2) is 8.08. The molecule has 0 spiro atoms. The van der Waals surface area contributed by atoms with Crippen LogP contribution < -0.4 is 15.5 Å². The number of carbonyl (C=O) groups excluding carboxylic acids is 2. The predicted molar refractivity (Wildman–Crippen MR) is 83.0 cm³/mol. The Morgan fingerprint density at radius 1 is 1.24 bits per heavy atom. The van der Waals surface area contributed by atoms with E-state index in [9.17, 15) is 9.59 Å². The Morgan fingerprint density at radius 2 is 1.90 bits per heavy atom. The lowest BCUT2D eigenvalue weighted by Crippen LogP contribution is -3.11. The van der Waals surface area contributed by atoms with Gasteiger partial charge in [0.15, 0.2) is 13.1 Å². The minimum Gasteiger partial charge on any atom is -0.340 e. The fourth-order valence-electron chi connectivity index (χ4n) is 1.90. The molecule has 112 valence electrons. The summed E-state index contributed by atoms with van der Waals surface area (Å²) in [4.78, 5) is 24.3. The molecule has 1 atom stereocenters. The number of benzene rings is 1. The molecule has 5 heteroatoms. The maximum Gasteiger partial charge on any atom is 0.279 e. The summed E-state index contributed by atoms with van der Waals surface area (Å²) >= 11 is 0. The van der Waals surface area contributed by atoms with E-state index < -0.39 is 0 Å². The van der Waals surface area contributed by atoms with Crippen molar-refractivity contribution in [2.45, 2.75) is 13.8 Å². The molecule has 0 aliphatic heterocycles. The number of aryl methyl sites for hydroxylation is 1. The van der Waals surface area contributed by atoms with Gasteiger partial charge in [0.05, 0.1) is 13.6 Å². The van der Waals surface area contributed by atoms with Gasteiger partial charge in [-0.15, -0.1) is 6.42 Å². The summed E-state index contributed by atoms with van der Waals surface area (Å²) in [6.07, 6.45) is 5.06. The predicted octanol–water partition coefficient (Wildman–Crippen LogP) is -0.494. The second-order valence-electron chi connectivity index (χ2n) is 5.09. The zero-order chi connectivity index (χ0) is 15.8. The first-order valence-electron chi connectivity index (χ1n) is 6.81. The molecule has 0 saturated heterocycles. The Labute approximate surface area is 125 Å². The van der Waals surface area contributed by atoms with Gasteiger partial charge in [0.2, 0.25) is 0 Å². The van der Waals surface area contributed by atoms with E-state index in [1.807, 2.05) is 32.0 Å². The Kier molecular flexibility index (Phi) is 6.44. The topological polar surface area (TPSA) is 62.6 Å². The van der Waals surface area contributed by atoms with Crippen molar-refractivity contribution in [2.24, 2.45) is 0 Å². The van der Waals surface area contributed by atoms with Crippen LogP contribution in [0.4, 0.5) is 5.69 Å². The number of carbonyl (C=O) groups is 2. The lowest BCUT2D eigenvalue weighted by molar-refractivity contribution is -0.862. The van der Waals surface area contributed by atoms with E-state index >= 15 is 0 Å². The van der Waals surface area contributed by atoms with E-state index in [1.54, 1.807) is 7.05 Å². The molecule has 21 heavy (non-hydrogen) atoms. The first kappa shape index (κ1) is 16.7. The Bertz CT molecular complexity index is 561. The van der Waals surface area contributed by atoms with Crippen molar-refractivity contribution < 1.29 is 14.5 Å². The first-order chi connectivity index (χ1) is 9.93. The van der Waals surface area contributed by atoms with Gasteiger partial charge in [-0.3, -0.25) is 9.59 Å². The highest BCUT2D eigenvalue weighted by Gasteiger charge is 2.14. The number of terminal acetylenes is 1. The van der Waals surface area contributed by atoms with Crippen LogP contribution in [0.3, 0.4) is 0 Å². The molecular weight excluding hydrogens is 266 g/mol. The first-order valence-corrected chi connectivity index (χ1v) is 6.81. The molecule has 0 bridgehead atoms. The van der Waals surface area contributed by atoms with Gasteiger partial charge < -0.3 is 15.5 Å². The number of rotatable bonds is 6. The molecule has 1 aromatic rings. The molecule has 1 unspecified atom stereocenters. The lowest BCUT2D eigenvalue weighted by Gasteiger charge is -2.14. The van der Waals surface area contributed by atoms with Crippen LogP contribution in [0.1, 0.15) is 11.1 Å². The number of hydrogen-bond acceptors (Lipinski definition) is 2. The number of amides is 2. The van der Waals surface area contributed by atoms with Crippen LogP contribution in [0.5, 0.6) is 0 Å². The summed E-state index contributed by atoms with van der Waals surface area (Å²) in [5.74, 6) is 2.05. The third kappa shape index (κ3) is 5.67. The molecule has 0 aliphatic rings. The maximum atomic E-state index is 12.0. The highest BCUT2D eigenvalue weighted by Crippen LogP contribution is 2.17. The molecule has 3 N–H and O–H groups in total. The molecule has 0 saturated carbocycles. The molecular formula is C16H22N3O2+. The smallest absolute Gasteiger partial charge is 0.279 e. The van der Waals surface area contributed by atoms with Gasteiger partial charge >= 0.3 is 0 Å². The van der Waals surface area contributed by atoms with Gasteiger partial charge in [-0.05, 0) is 31.0 Å². The molecule has 0 aliphatic carbocycles. The van der Waals surface area contributed by atoms with Crippen molar-refractivity contribution in [3.05, 3.63) is 29.3 Å². The lowest BCUT2D eigenvalue weighted by atomic mass is 10.1. The van der Waals surface area contributed by atoms with Gasteiger partial charge in [-0.1, -0.05) is 18.1 Å². The van der Waals surface area contributed by atoms with Crippen molar-refractivity contribution in [2.75, 3.05) is 32.0 Å². The molecule has 0 aromatic heterocycles. The minimum atomic E-state index is -0.162. The highest BCUT2D eigenvalue weighted by molar-refractivity contribution is 5.92. The van der Waals surface area contributed by atoms with Crippen molar-refractivity contribution in [3.63, 3.8) is 0 Å². The second-order valence-corrected chi connectivity index (χ2v) is 5.09. The summed E-state index contributed by atoms with van der Waals surface area (Å²) in [7, 11) is 1.79. The van der Waals surface area contributed by atoms with Crippen LogP contribution >= 0.6 is 0 Å².